The molecular weight excluding hydrogens is 260 g/mol. The van der Waals surface area contributed by atoms with Crippen LogP contribution in [0.4, 0.5) is 0 Å². The molecule has 0 saturated carbocycles. The third kappa shape index (κ3) is 4.57. The number of nitrogens with zero attached hydrogens (tertiary/aromatic N) is 1. The molecule has 0 aliphatic rings. The summed E-state index contributed by atoms with van der Waals surface area (Å²) in [7, 11) is 0. The van der Waals surface area contributed by atoms with E-state index in [2.05, 4.69) is 31.0 Å². The van der Waals surface area contributed by atoms with Gasteiger partial charge in [-0.3, -0.25) is 0 Å². The summed E-state index contributed by atoms with van der Waals surface area (Å²) in [5, 5.41) is 0. The Hall–Kier alpha value is -1.87. The van der Waals surface area contributed by atoms with Crippen LogP contribution in [0.15, 0.2) is 42.6 Å². The predicted molar refractivity (Wildman–Crippen MR) is 86.8 cm³/mol. The van der Waals surface area contributed by atoms with E-state index in [9.17, 15) is 0 Å². The van der Waals surface area contributed by atoms with Gasteiger partial charge in [-0.25, -0.2) is 4.98 Å². The maximum absolute atomic E-state index is 5.78. The molecule has 0 aliphatic heterocycles. The Bertz CT molecular complexity index is 546. The molecule has 0 spiro atoms. The number of pyridine rings is 1. The van der Waals surface area contributed by atoms with Crippen LogP contribution >= 0.6 is 0 Å². The Morgan fingerprint density at radius 3 is 2.33 bits per heavy atom. The van der Waals surface area contributed by atoms with Crippen molar-refractivity contribution in [3.05, 3.63) is 53.7 Å². The second-order valence-corrected chi connectivity index (χ2v) is 5.67. The van der Waals surface area contributed by atoms with Gasteiger partial charge in [0.2, 0.25) is 5.88 Å². The van der Waals surface area contributed by atoms with Gasteiger partial charge in [-0.05, 0) is 48.9 Å². The minimum atomic E-state index is 0.145. The highest BCUT2D eigenvalue weighted by Crippen LogP contribution is 2.24. The summed E-state index contributed by atoms with van der Waals surface area (Å²) in [6, 6.07) is 12.3. The van der Waals surface area contributed by atoms with E-state index in [1.165, 1.54) is 5.56 Å². The highest BCUT2D eigenvalue weighted by Gasteiger charge is 2.04. The summed E-state index contributed by atoms with van der Waals surface area (Å²) in [6.45, 7) is 6.42. The quantitative estimate of drug-likeness (QED) is 0.861. The first kappa shape index (κ1) is 15.5. The number of ether oxygens (including phenoxy) is 1. The van der Waals surface area contributed by atoms with Gasteiger partial charge in [-0.2, -0.15) is 0 Å². The van der Waals surface area contributed by atoms with E-state index in [0.717, 1.165) is 24.2 Å². The lowest BCUT2D eigenvalue weighted by atomic mass is 9.99. The third-order valence-corrected chi connectivity index (χ3v) is 3.64. The summed E-state index contributed by atoms with van der Waals surface area (Å²) >= 11 is 0. The number of rotatable bonds is 6. The lowest BCUT2D eigenvalue weighted by Gasteiger charge is -2.10. The van der Waals surface area contributed by atoms with Gasteiger partial charge in [0, 0.05) is 18.3 Å². The van der Waals surface area contributed by atoms with E-state index in [1.54, 1.807) is 0 Å². The average Bonchev–Trinajstić information content (AvgIpc) is 2.49. The van der Waals surface area contributed by atoms with E-state index in [1.807, 2.05) is 37.4 Å². The highest BCUT2D eigenvalue weighted by molar-refractivity contribution is 5.32. The molecule has 21 heavy (non-hydrogen) atoms. The molecule has 3 nitrogen and oxygen atoms in total. The van der Waals surface area contributed by atoms with Gasteiger partial charge in [0.25, 0.3) is 0 Å². The van der Waals surface area contributed by atoms with Crippen LogP contribution in [0.5, 0.6) is 11.6 Å². The second-order valence-electron chi connectivity index (χ2n) is 5.67. The molecule has 0 aliphatic carbocycles. The molecule has 0 saturated heterocycles. The van der Waals surface area contributed by atoms with Crippen molar-refractivity contribution in [2.45, 2.75) is 45.6 Å². The van der Waals surface area contributed by atoms with Gasteiger partial charge in [0.15, 0.2) is 0 Å². The zero-order chi connectivity index (χ0) is 15.2. The van der Waals surface area contributed by atoms with Crippen molar-refractivity contribution in [2.75, 3.05) is 0 Å². The van der Waals surface area contributed by atoms with Crippen molar-refractivity contribution in [1.82, 2.24) is 4.98 Å². The Morgan fingerprint density at radius 1 is 1.10 bits per heavy atom. The van der Waals surface area contributed by atoms with E-state index in [4.69, 9.17) is 10.5 Å². The molecule has 0 amide bonds. The van der Waals surface area contributed by atoms with Crippen molar-refractivity contribution in [3.8, 4) is 11.6 Å². The Labute approximate surface area is 127 Å². The fourth-order valence-electron chi connectivity index (χ4n) is 2.18. The van der Waals surface area contributed by atoms with E-state index in [0.29, 0.717) is 11.8 Å². The number of benzene rings is 1. The molecule has 2 atom stereocenters. The molecular formula is C18H24N2O. The molecule has 1 aromatic carbocycles. The number of hydrogen-bond acceptors (Lipinski definition) is 3. The minimum absolute atomic E-state index is 0.145. The second kappa shape index (κ2) is 7.23. The summed E-state index contributed by atoms with van der Waals surface area (Å²) in [4.78, 5) is 4.32. The average molecular weight is 284 g/mol. The first-order chi connectivity index (χ1) is 10.1. The van der Waals surface area contributed by atoms with E-state index in [-0.39, 0.29) is 6.04 Å². The van der Waals surface area contributed by atoms with Crippen molar-refractivity contribution in [3.63, 3.8) is 0 Å². The van der Waals surface area contributed by atoms with Crippen LogP contribution in [0.2, 0.25) is 0 Å². The van der Waals surface area contributed by atoms with Crippen LogP contribution in [0.3, 0.4) is 0 Å². The summed E-state index contributed by atoms with van der Waals surface area (Å²) in [5.41, 5.74) is 8.24. The smallest absolute Gasteiger partial charge is 0.219 e. The maximum atomic E-state index is 5.78. The number of hydrogen-bond donors (Lipinski definition) is 1. The van der Waals surface area contributed by atoms with Crippen molar-refractivity contribution < 1.29 is 4.74 Å². The zero-order valence-corrected chi connectivity index (χ0v) is 13.0. The molecule has 2 N–H and O–H groups in total. The molecule has 3 heteroatoms. The van der Waals surface area contributed by atoms with Crippen molar-refractivity contribution in [1.29, 1.82) is 0 Å². The highest BCUT2D eigenvalue weighted by atomic mass is 16.5. The van der Waals surface area contributed by atoms with Crippen LogP contribution in [-0.4, -0.2) is 11.0 Å². The lowest BCUT2D eigenvalue weighted by Crippen LogP contribution is -2.17. The molecule has 2 aromatic rings. The number of aromatic nitrogens is 1. The SMILES string of the molecule is CCC(C)c1ccc(Oc2ccc(CC(C)N)cn2)cc1. The molecule has 0 radical (unpaired) electrons. The zero-order valence-electron chi connectivity index (χ0n) is 13.0. The van der Waals surface area contributed by atoms with Crippen LogP contribution in [-0.2, 0) is 6.42 Å². The normalized spacial score (nSPS) is 13.7. The Morgan fingerprint density at radius 2 is 1.81 bits per heavy atom. The monoisotopic (exact) mass is 284 g/mol. The summed E-state index contributed by atoms with van der Waals surface area (Å²) in [5.74, 6) is 2.00. The largest absolute Gasteiger partial charge is 0.439 e. The Balaban J connectivity index is 2.01. The van der Waals surface area contributed by atoms with Gasteiger partial charge < -0.3 is 10.5 Å². The van der Waals surface area contributed by atoms with Gasteiger partial charge in [-0.15, -0.1) is 0 Å². The molecule has 112 valence electrons. The van der Waals surface area contributed by atoms with Crippen LogP contribution in [0, 0.1) is 0 Å². The number of nitrogens with two attached hydrogens (primary N) is 1. The third-order valence-electron chi connectivity index (χ3n) is 3.64. The summed E-state index contributed by atoms with van der Waals surface area (Å²) in [6.07, 6.45) is 3.80. The van der Waals surface area contributed by atoms with Crippen LogP contribution in [0.25, 0.3) is 0 Å². The first-order valence-corrected chi connectivity index (χ1v) is 7.56. The van der Waals surface area contributed by atoms with Gasteiger partial charge in [-0.1, -0.05) is 32.0 Å². The van der Waals surface area contributed by atoms with Gasteiger partial charge >= 0.3 is 0 Å². The van der Waals surface area contributed by atoms with Crippen molar-refractivity contribution in [2.24, 2.45) is 5.73 Å². The van der Waals surface area contributed by atoms with Crippen LogP contribution < -0.4 is 10.5 Å². The maximum Gasteiger partial charge on any atom is 0.219 e. The topological polar surface area (TPSA) is 48.1 Å². The first-order valence-electron chi connectivity index (χ1n) is 7.56. The molecule has 2 rings (SSSR count). The predicted octanol–water partition coefficient (Wildman–Crippen LogP) is 4.28. The fourth-order valence-corrected chi connectivity index (χ4v) is 2.18. The van der Waals surface area contributed by atoms with Crippen molar-refractivity contribution >= 4 is 0 Å². The molecule has 1 heterocycles. The lowest BCUT2D eigenvalue weighted by molar-refractivity contribution is 0.462. The molecule has 2 unspecified atom stereocenters. The van der Waals surface area contributed by atoms with Gasteiger partial charge in [0.05, 0.1) is 0 Å². The standard InChI is InChI=1S/C18H24N2O/c1-4-13(2)16-6-8-17(9-7-16)21-18-10-5-15(12-20-18)11-14(3)19/h5-10,12-14H,4,11,19H2,1-3H3. The summed E-state index contributed by atoms with van der Waals surface area (Å²) < 4.78 is 5.76. The Kier molecular flexibility index (Phi) is 5.34. The minimum Gasteiger partial charge on any atom is -0.439 e. The van der Waals surface area contributed by atoms with Crippen LogP contribution in [0.1, 0.15) is 44.2 Å². The van der Waals surface area contributed by atoms with Gasteiger partial charge in [0.1, 0.15) is 5.75 Å². The molecule has 0 bridgehead atoms. The molecule has 0 fully saturated rings. The fraction of sp³-hybridized carbons (Fsp3) is 0.389. The van der Waals surface area contributed by atoms with E-state index >= 15 is 0 Å². The van der Waals surface area contributed by atoms with E-state index < -0.39 is 0 Å². The molecule has 1 aromatic heterocycles.